The summed E-state index contributed by atoms with van der Waals surface area (Å²) >= 11 is 6.08. The molecule has 1 aromatic carbocycles. The Morgan fingerprint density at radius 3 is 2.57 bits per heavy atom. The predicted molar refractivity (Wildman–Crippen MR) is 83.7 cm³/mol. The van der Waals surface area contributed by atoms with Gasteiger partial charge in [-0.15, -0.1) is 0 Å². The van der Waals surface area contributed by atoms with Gasteiger partial charge in [0.25, 0.3) is 5.91 Å². The smallest absolute Gasteiger partial charge is 0.260 e. The zero-order chi connectivity index (χ0) is 14.8. The van der Waals surface area contributed by atoms with Gasteiger partial charge in [0.2, 0.25) is 0 Å². The van der Waals surface area contributed by atoms with Gasteiger partial charge >= 0.3 is 0 Å². The van der Waals surface area contributed by atoms with Gasteiger partial charge < -0.3 is 4.90 Å². The highest BCUT2D eigenvalue weighted by molar-refractivity contribution is 6.35. The van der Waals surface area contributed by atoms with Gasteiger partial charge in [0.05, 0.1) is 17.4 Å². The number of rotatable bonds is 2. The number of hydrogen-bond donors (Lipinski definition) is 0. The quantitative estimate of drug-likeness (QED) is 0.679. The molecule has 0 radical (unpaired) electrons. The van der Waals surface area contributed by atoms with Crippen LogP contribution in [0.25, 0.3) is 10.8 Å². The Morgan fingerprint density at radius 1 is 1.10 bits per heavy atom. The lowest BCUT2D eigenvalue weighted by Crippen LogP contribution is -2.26. The van der Waals surface area contributed by atoms with Gasteiger partial charge in [0.1, 0.15) is 5.15 Å². The summed E-state index contributed by atoms with van der Waals surface area (Å²) in [5, 5.41) is 1.95. The molecule has 0 atom stereocenters. The molecule has 0 unspecified atom stereocenters. The van der Waals surface area contributed by atoms with Crippen molar-refractivity contribution in [3.05, 3.63) is 65.7 Å². The van der Waals surface area contributed by atoms with Crippen LogP contribution in [-0.4, -0.2) is 22.9 Å². The number of fused-ring (bicyclic) bond motifs is 1. The molecule has 3 rings (SSSR count). The molecule has 4 nitrogen and oxygen atoms in total. The predicted octanol–water partition coefficient (Wildman–Crippen LogP) is 3.56. The van der Waals surface area contributed by atoms with E-state index in [0.29, 0.717) is 10.7 Å². The number of halogens is 1. The normalized spacial score (nSPS) is 10.6. The van der Waals surface area contributed by atoms with Crippen molar-refractivity contribution < 1.29 is 4.79 Å². The zero-order valence-electron chi connectivity index (χ0n) is 11.3. The maximum absolute atomic E-state index is 12.7. The van der Waals surface area contributed by atoms with Crippen LogP contribution in [0.15, 0.2) is 55.0 Å². The number of pyridine rings is 2. The maximum Gasteiger partial charge on any atom is 0.260 e. The number of hydrogen-bond acceptors (Lipinski definition) is 3. The molecule has 0 aliphatic rings. The Hall–Kier alpha value is -2.46. The lowest BCUT2D eigenvalue weighted by atomic mass is 10.1. The van der Waals surface area contributed by atoms with Crippen molar-refractivity contribution in [1.29, 1.82) is 0 Å². The molecular weight excluding hydrogens is 286 g/mol. The molecule has 0 saturated carbocycles. The Kier molecular flexibility index (Phi) is 3.54. The van der Waals surface area contributed by atoms with E-state index < -0.39 is 0 Å². The van der Waals surface area contributed by atoms with E-state index in [1.54, 1.807) is 30.4 Å². The minimum absolute atomic E-state index is 0.150. The average Bonchev–Trinajstić information content (AvgIpc) is 2.55. The van der Waals surface area contributed by atoms with Crippen LogP contribution in [0, 0.1) is 0 Å². The minimum atomic E-state index is -0.150. The van der Waals surface area contributed by atoms with Crippen molar-refractivity contribution in [1.82, 2.24) is 9.97 Å². The van der Waals surface area contributed by atoms with Gasteiger partial charge in [0, 0.05) is 24.8 Å². The first-order valence-electron chi connectivity index (χ1n) is 6.40. The molecule has 0 aliphatic carbocycles. The Bertz CT molecular complexity index is 805. The van der Waals surface area contributed by atoms with E-state index in [9.17, 15) is 4.79 Å². The maximum atomic E-state index is 12.7. The Labute approximate surface area is 127 Å². The third kappa shape index (κ3) is 2.45. The summed E-state index contributed by atoms with van der Waals surface area (Å²) in [7, 11) is 1.71. The minimum Gasteiger partial charge on any atom is -0.310 e. The van der Waals surface area contributed by atoms with Crippen molar-refractivity contribution in [2.45, 2.75) is 0 Å². The summed E-state index contributed by atoms with van der Waals surface area (Å²) < 4.78 is 0. The molecule has 1 amide bonds. The summed E-state index contributed by atoms with van der Waals surface area (Å²) in [6, 6.07) is 11.1. The first-order valence-corrected chi connectivity index (χ1v) is 6.77. The van der Waals surface area contributed by atoms with Gasteiger partial charge in [-0.1, -0.05) is 35.9 Å². The van der Waals surface area contributed by atoms with E-state index >= 15 is 0 Å². The number of carbonyl (C=O) groups is 1. The van der Waals surface area contributed by atoms with Crippen LogP contribution in [0.2, 0.25) is 5.15 Å². The van der Waals surface area contributed by atoms with E-state index in [1.807, 2.05) is 30.3 Å². The monoisotopic (exact) mass is 297 g/mol. The van der Waals surface area contributed by atoms with E-state index in [1.165, 1.54) is 6.20 Å². The number of amides is 1. The van der Waals surface area contributed by atoms with E-state index in [4.69, 9.17) is 11.6 Å². The van der Waals surface area contributed by atoms with Crippen molar-refractivity contribution in [2.75, 3.05) is 11.9 Å². The second kappa shape index (κ2) is 5.50. The largest absolute Gasteiger partial charge is 0.310 e. The second-order valence-corrected chi connectivity index (χ2v) is 4.94. The number of benzene rings is 1. The number of anilines is 1. The first-order chi connectivity index (χ1) is 10.2. The molecule has 2 heterocycles. The van der Waals surface area contributed by atoms with E-state index in [-0.39, 0.29) is 5.91 Å². The van der Waals surface area contributed by atoms with Gasteiger partial charge in [-0.05, 0) is 17.5 Å². The fraction of sp³-hybridized carbons (Fsp3) is 0.0625. The molecule has 104 valence electrons. The van der Waals surface area contributed by atoms with Crippen molar-refractivity contribution in [2.24, 2.45) is 0 Å². The average molecular weight is 298 g/mol. The van der Waals surface area contributed by atoms with Crippen LogP contribution in [0.5, 0.6) is 0 Å². The van der Waals surface area contributed by atoms with Gasteiger partial charge in [-0.25, -0.2) is 4.98 Å². The molecule has 0 N–H and O–H groups in total. The van der Waals surface area contributed by atoms with Crippen molar-refractivity contribution in [3.63, 3.8) is 0 Å². The van der Waals surface area contributed by atoms with Crippen molar-refractivity contribution in [3.8, 4) is 0 Å². The lowest BCUT2D eigenvalue weighted by Gasteiger charge is -2.17. The highest BCUT2D eigenvalue weighted by Crippen LogP contribution is 2.25. The SMILES string of the molecule is CN(C(=O)c1cnc(Cl)c2ccccc12)c1cccnc1. The zero-order valence-corrected chi connectivity index (χ0v) is 12.1. The summed E-state index contributed by atoms with van der Waals surface area (Å²) in [5.74, 6) is -0.150. The summed E-state index contributed by atoms with van der Waals surface area (Å²) in [6.45, 7) is 0. The molecule has 3 aromatic rings. The molecule has 5 heteroatoms. The fourth-order valence-corrected chi connectivity index (χ4v) is 2.39. The van der Waals surface area contributed by atoms with Crippen LogP contribution in [0.3, 0.4) is 0 Å². The molecular formula is C16H12ClN3O. The fourth-order valence-electron chi connectivity index (χ4n) is 2.18. The number of aromatic nitrogens is 2. The van der Waals surface area contributed by atoms with E-state index in [0.717, 1.165) is 16.5 Å². The highest BCUT2D eigenvalue weighted by atomic mass is 35.5. The Balaban J connectivity index is 2.09. The molecule has 21 heavy (non-hydrogen) atoms. The van der Waals surface area contributed by atoms with Gasteiger partial charge in [0.15, 0.2) is 0 Å². The van der Waals surface area contributed by atoms with Crippen molar-refractivity contribution >= 4 is 34.0 Å². The lowest BCUT2D eigenvalue weighted by molar-refractivity contribution is 0.0994. The molecule has 2 aromatic heterocycles. The molecule has 0 saturated heterocycles. The Morgan fingerprint density at radius 2 is 1.86 bits per heavy atom. The van der Waals surface area contributed by atoms with E-state index in [2.05, 4.69) is 9.97 Å². The van der Waals surface area contributed by atoms with Crippen LogP contribution >= 0.6 is 11.6 Å². The van der Waals surface area contributed by atoms with Gasteiger partial charge in [-0.3, -0.25) is 9.78 Å². The third-order valence-electron chi connectivity index (χ3n) is 3.31. The van der Waals surface area contributed by atoms with Crippen LogP contribution in [0.1, 0.15) is 10.4 Å². The van der Waals surface area contributed by atoms with Crippen LogP contribution in [-0.2, 0) is 0 Å². The number of nitrogens with zero attached hydrogens (tertiary/aromatic N) is 3. The molecule has 0 fully saturated rings. The van der Waals surface area contributed by atoms with Gasteiger partial charge in [-0.2, -0.15) is 0 Å². The summed E-state index contributed by atoms with van der Waals surface area (Å²) in [4.78, 5) is 22.4. The second-order valence-electron chi connectivity index (χ2n) is 4.58. The van der Waals surface area contributed by atoms with Crippen LogP contribution in [0.4, 0.5) is 5.69 Å². The summed E-state index contributed by atoms with van der Waals surface area (Å²) in [6.07, 6.45) is 4.82. The summed E-state index contributed by atoms with van der Waals surface area (Å²) in [5.41, 5.74) is 1.24. The topological polar surface area (TPSA) is 46.1 Å². The first kappa shape index (κ1) is 13.5. The highest BCUT2D eigenvalue weighted by Gasteiger charge is 2.17. The standard InChI is InChI=1S/C16H12ClN3O/c1-20(11-5-4-8-18-9-11)16(21)14-10-19-15(17)13-7-3-2-6-12(13)14/h2-10H,1H3. The molecule has 0 aliphatic heterocycles. The molecule has 0 bridgehead atoms. The van der Waals surface area contributed by atoms with Crippen LogP contribution < -0.4 is 4.90 Å². The number of carbonyl (C=O) groups excluding carboxylic acids is 1. The molecule has 0 spiro atoms. The third-order valence-corrected chi connectivity index (χ3v) is 3.62.